The van der Waals surface area contributed by atoms with Crippen LogP contribution < -0.4 is 5.73 Å². The Balaban J connectivity index is 2.86. The Hall–Kier alpha value is -0.980. The van der Waals surface area contributed by atoms with E-state index in [1.807, 2.05) is 6.07 Å². The summed E-state index contributed by atoms with van der Waals surface area (Å²) in [5.74, 6) is 0.676. The number of rotatable bonds is 2. The summed E-state index contributed by atoms with van der Waals surface area (Å²) in [5, 5.41) is 0. The second-order valence-electron chi connectivity index (χ2n) is 3.80. The molecule has 0 aliphatic carbocycles. The SMILES string of the molecule is Cc1ccc(CC(C)C)c(N)c1. The van der Waals surface area contributed by atoms with Gasteiger partial charge in [0.25, 0.3) is 0 Å². The number of benzene rings is 1. The molecule has 1 aromatic carbocycles. The third-order valence-electron chi connectivity index (χ3n) is 1.93. The molecule has 0 spiro atoms. The maximum atomic E-state index is 5.87. The average molecular weight is 163 g/mol. The van der Waals surface area contributed by atoms with Crippen molar-refractivity contribution in [2.24, 2.45) is 5.92 Å². The zero-order valence-electron chi connectivity index (χ0n) is 8.09. The van der Waals surface area contributed by atoms with E-state index in [1.54, 1.807) is 0 Å². The Bertz CT molecular complexity index is 264. The van der Waals surface area contributed by atoms with Crippen molar-refractivity contribution >= 4 is 5.69 Å². The van der Waals surface area contributed by atoms with Crippen LogP contribution in [0.4, 0.5) is 5.69 Å². The van der Waals surface area contributed by atoms with Crippen LogP contribution in [0.1, 0.15) is 25.0 Å². The molecule has 0 atom stereocenters. The molecular weight excluding hydrogens is 146 g/mol. The maximum Gasteiger partial charge on any atom is 0.0349 e. The first kappa shape index (κ1) is 9.11. The van der Waals surface area contributed by atoms with Crippen LogP contribution in [-0.2, 0) is 6.42 Å². The normalized spacial score (nSPS) is 10.7. The fourth-order valence-corrected chi connectivity index (χ4v) is 1.34. The Kier molecular flexibility index (Phi) is 2.74. The van der Waals surface area contributed by atoms with Crippen LogP contribution in [0.3, 0.4) is 0 Å². The highest BCUT2D eigenvalue weighted by molar-refractivity contribution is 5.49. The minimum absolute atomic E-state index is 0.676. The monoisotopic (exact) mass is 163 g/mol. The summed E-state index contributed by atoms with van der Waals surface area (Å²) < 4.78 is 0. The van der Waals surface area contributed by atoms with Crippen molar-refractivity contribution in [3.05, 3.63) is 29.3 Å². The lowest BCUT2D eigenvalue weighted by atomic mass is 10.0. The highest BCUT2D eigenvalue weighted by Crippen LogP contribution is 2.17. The summed E-state index contributed by atoms with van der Waals surface area (Å²) in [6.07, 6.45) is 1.08. The largest absolute Gasteiger partial charge is 0.398 e. The third kappa shape index (κ3) is 2.26. The molecule has 0 saturated heterocycles. The van der Waals surface area contributed by atoms with Crippen molar-refractivity contribution in [1.82, 2.24) is 0 Å². The fourth-order valence-electron chi connectivity index (χ4n) is 1.34. The molecule has 0 aliphatic rings. The van der Waals surface area contributed by atoms with Gasteiger partial charge in [-0.1, -0.05) is 26.0 Å². The van der Waals surface area contributed by atoms with Crippen LogP contribution in [0, 0.1) is 12.8 Å². The van der Waals surface area contributed by atoms with Crippen LogP contribution in [-0.4, -0.2) is 0 Å². The molecule has 1 heteroatoms. The van der Waals surface area contributed by atoms with Gasteiger partial charge < -0.3 is 5.73 Å². The van der Waals surface area contributed by atoms with E-state index in [2.05, 4.69) is 32.9 Å². The number of nitrogens with two attached hydrogens (primary N) is 1. The second-order valence-corrected chi connectivity index (χ2v) is 3.80. The molecule has 0 unspecified atom stereocenters. The first-order chi connectivity index (χ1) is 5.59. The van der Waals surface area contributed by atoms with Gasteiger partial charge in [0.15, 0.2) is 0 Å². The summed E-state index contributed by atoms with van der Waals surface area (Å²) >= 11 is 0. The van der Waals surface area contributed by atoms with E-state index in [4.69, 9.17) is 5.73 Å². The van der Waals surface area contributed by atoms with Gasteiger partial charge in [-0.2, -0.15) is 0 Å². The molecule has 1 nitrogen and oxygen atoms in total. The molecule has 12 heavy (non-hydrogen) atoms. The van der Waals surface area contributed by atoms with Crippen molar-refractivity contribution in [3.63, 3.8) is 0 Å². The summed E-state index contributed by atoms with van der Waals surface area (Å²) in [4.78, 5) is 0. The lowest BCUT2D eigenvalue weighted by Crippen LogP contribution is -1.99. The molecule has 1 aromatic rings. The van der Waals surface area contributed by atoms with E-state index < -0.39 is 0 Å². The molecule has 66 valence electrons. The molecular formula is C11H17N. The Morgan fingerprint density at radius 1 is 1.33 bits per heavy atom. The molecule has 0 fully saturated rings. The van der Waals surface area contributed by atoms with Gasteiger partial charge in [-0.3, -0.25) is 0 Å². The highest BCUT2D eigenvalue weighted by atomic mass is 14.6. The van der Waals surface area contributed by atoms with E-state index in [0.717, 1.165) is 12.1 Å². The highest BCUT2D eigenvalue weighted by Gasteiger charge is 2.01. The molecule has 0 heterocycles. The smallest absolute Gasteiger partial charge is 0.0349 e. The molecule has 0 aromatic heterocycles. The van der Waals surface area contributed by atoms with Crippen LogP contribution in [0.2, 0.25) is 0 Å². The van der Waals surface area contributed by atoms with Gasteiger partial charge in [0.1, 0.15) is 0 Å². The van der Waals surface area contributed by atoms with Gasteiger partial charge in [-0.05, 0) is 36.5 Å². The number of anilines is 1. The van der Waals surface area contributed by atoms with Crippen molar-refractivity contribution in [3.8, 4) is 0 Å². The van der Waals surface area contributed by atoms with E-state index in [0.29, 0.717) is 5.92 Å². The first-order valence-electron chi connectivity index (χ1n) is 4.44. The Morgan fingerprint density at radius 3 is 2.50 bits per heavy atom. The van der Waals surface area contributed by atoms with Crippen molar-refractivity contribution in [2.45, 2.75) is 27.2 Å². The number of aryl methyl sites for hydroxylation is 1. The van der Waals surface area contributed by atoms with Crippen molar-refractivity contribution < 1.29 is 0 Å². The van der Waals surface area contributed by atoms with Crippen LogP contribution >= 0.6 is 0 Å². The molecule has 0 radical (unpaired) electrons. The van der Waals surface area contributed by atoms with Crippen molar-refractivity contribution in [1.29, 1.82) is 0 Å². The number of nitrogen functional groups attached to an aromatic ring is 1. The van der Waals surface area contributed by atoms with Gasteiger partial charge in [-0.15, -0.1) is 0 Å². The van der Waals surface area contributed by atoms with Gasteiger partial charge in [-0.25, -0.2) is 0 Å². The molecule has 0 bridgehead atoms. The topological polar surface area (TPSA) is 26.0 Å². The van der Waals surface area contributed by atoms with E-state index >= 15 is 0 Å². The van der Waals surface area contributed by atoms with E-state index in [9.17, 15) is 0 Å². The zero-order valence-corrected chi connectivity index (χ0v) is 8.09. The molecule has 2 N–H and O–H groups in total. The van der Waals surface area contributed by atoms with Gasteiger partial charge in [0.2, 0.25) is 0 Å². The molecule has 1 rings (SSSR count). The molecule has 0 amide bonds. The predicted molar refractivity (Wildman–Crippen MR) is 54.1 cm³/mol. The molecule has 0 aliphatic heterocycles. The van der Waals surface area contributed by atoms with Crippen LogP contribution in [0.25, 0.3) is 0 Å². The third-order valence-corrected chi connectivity index (χ3v) is 1.93. The fraction of sp³-hybridized carbons (Fsp3) is 0.455. The Labute approximate surface area is 74.6 Å². The lowest BCUT2D eigenvalue weighted by molar-refractivity contribution is 0.648. The molecule has 0 saturated carbocycles. The van der Waals surface area contributed by atoms with Crippen LogP contribution in [0.15, 0.2) is 18.2 Å². The second kappa shape index (κ2) is 3.61. The summed E-state index contributed by atoms with van der Waals surface area (Å²) in [5.41, 5.74) is 9.31. The lowest BCUT2D eigenvalue weighted by Gasteiger charge is -2.08. The number of hydrogen-bond acceptors (Lipinski definition) is 1. The average Bonchev–Trinajstić information content (AvgIpc) is 1.94. The van der Waals surface area contributed by atoms with Gasteiger partial charge in [0.05, 0.1) is 0 Å². The van der Waals surface area contributed by atoms with Crippen LogP contribution in [0.5, 0.6) is 0 Å². The Morgan fingerprint density at radius 2 is 2.00 bits per heavy atom. The zero-order chi connectivity index (χ0) is 9.14. The maximum absolute atomic E-state index is 5.87. The standard InChI is InChI=1S/C11H17N/c1-8(2)6-10-5-4-9(3)7-11(10)12/h4-5,7-8H,6,12H2,1-3H3. The van der Waals surface area contributed by atoms with Gasteiger partial charge in [0, 0.05) is 5.69 Å². The number of hydrogen-bond donors (Lipinski definition) is 1. The predicted octanol–water partition coefficient (Wildman–Crippen LogP) is 2.78. The first-order valence-corrected chi connectivity index (χ1v) is 4.44. The van der Waals surface area contributed by atoms with E-state index in [-0.39, 0.29) is 0 Å². The van der Waals surface area contributed by atoms with Gasteiger partial charge >= 0.3 is 0 Å². The quantitative estimate of drug-likeness (QED) is 0.666. The minimum Gasteiger partial charge on any atom is -0.398 e. The summed E-state index contributed by atoms with van der Waals surface area (Å²) in [7, 11) is 0. The summed E-state index contributed by atoms with van der Waals surface area (Å²) in [6, 6.07) is 6.29. The summed E-state index contributed by atoms with van der Waals surface area (Å²) in [6.45, 7) is 6.48. The van der Waals surface area contributed by atoms with E-state index in [1.165, 1.54) is 11.1 Å². The van der Waals surface area contributed by atoms with Crippen molar-refractivity contribution in [2.75, 3.05) is 5.73 Å². The minimum atomic E-state index is 0.676.